The second-order valence-corrected chi connectivity index (χ2v) is 8.51. The Labute approximate surface area is 162 Å². The van der Waals surface area contributed by atoms with Crippen LogP contribution in [0.15, 0.2) is 35.7 Å². The van der Waals surface area contributed by atoms with Crippen LogP contribution in [0.2, 0.25) is 0 Å². The van der Waals surface area contributed by atoms with Crippen LogP contribution in [0.1, 0.15) is 6.42 Å². The minimum Gasteiger partial charge on any atom is -0.454 e. The molecule has 2 aliphatic rings. The Hall–Kier alpha value is -2.79. The van der Waals surface area contributed by atoms with Crippen molar-refractivity contribution in [2.45, 2.75) is 11.4 Å². The van der Waals surface area contributed by atoms with Crippen LogP contribution in [-0.4, -0.2) is 66.2 Å². The molecule has 1 N–H and O–H groups in total. The molecule has 1 fully saturated rings. The van der Waals surface area contributed by atoms with E-state index in [4.69, 9.17) is 9.47 Å². The van der Waals surface area contributed by atoms with E-state index in [9.17, 15) is 13.2 Å². The molecule has 0 saturated carbocycles. The van der Waals surface area contributed by atoms with Crippen molar-refractivity contribution in [2.75, 3.05) is 38.3 Å². The Balaban J connectivity index is 1.40. The zero-order chi connectivity index (χ0) is 19.7. The molecule has 4 rings (SSSR count). The highest BCUT2D eigenvalue weighted by atomic mass is 32.2. The fraction of sp³-hybridized carbons (Fsp3) is 0.412. The number of urea groups is 1. The Bertz CT molecular complexity index is 990. The van der Waals surface area contributed by atoms with Crippen molar-refractivity contribution >= 4 is 21.7 Å². The van der Waals surface area contributed by atoms with E-state index in [2.05, 4.69) is 10.3 Å². The van der Waals surface area contributed by atoms with Crippen LogP contribution in [-0.2, 0) is 17.1 Å². The Morgan fingerprint density at radius 1 is 1.14 bits per heavy atom. The van der Waals surface area contributed by atoms with Crippen LogP contribution in [0.3, 0.4) is 0 Å². The molecular formula is C17H21N5O5S. The lowest BCUT2D eigenvalue weighted by atomic mass is 10.3. The summed E-state index contributed by atoms with van der Waals surface area (Å²) in [5, 5.41) is 2.85. The van der Waals surface area contributed by atoms with Crippen LogP contribution in [0.25, 0.3) is 0 Å². The fourth-order valence-electron chi connectivity index (χ4n) is 3.17. The number of anilines is 1. The van der Waals surface area contributed by atoms with Crippen molar-refractivity contribution in [3.63, 3.8) is 0 Å². The van der Waals surface area contributed by atoms with Gasteiger partial charge < -0.3 is 24.3 Å². The monoisotopic (exact) mass is 407 g/mol. The SMILES string of the molecule is Cn1cnc(S(=O)(=O)N2CCCN(C(=O)Nc3ccc4c(c3)OCO4)CC2)c1. The van der Waals surface area contributed by atoms with Gasteiger partial charge in [-0.15, -0.1) is 0 Å². The lowest BCUT2D eigenvalue weighted by Gasteiger charge is -2.22. The average Bonchev–Trinajstić information content (AvgIpc) is 3.23. The van der Waals surface area contributed by atoms with E-state index in [-0.39, 0.29) is 24.4 Å². The zero-order valence-electron chi connectivity index (χ0n) is 15.4. The maximum absolute atomic E-state index is 12.7. The van der Waals surface area contributed by atoms with E-state index in [1.165, 1.54) is 16.8 Å². The third-order valence-corrected chi connectivity index (χ3v) is 6.44. The number of fused-ring (bicyclic) bond motifs is 1. The van der Waals surface area contributed by atoms with Gasteiger partial charge in [0.15, 0.2) is 16.5 Å². The molecule has 11 heteroatoms. The highest BCUT2D eigenvalue weighted by molar-refractivity contribution is 7.89. The van der Waals surface area contributed by atoms with Crippen molar-refractivity contribution in [3.8, 4) is 11.5 Å². The Morgan fingerprint density at radius 2 is 1.96 bits per heavy atom. The van der Waals surface area contributed by atoms with Crippen molar-refractivity contribution in [1.82, 2.24) is 18.8 Å². The van der Waals surface area contributed by atoms with Crippen molar-refractivity contribution in [3.05, 3.63) is 30.7 Å². The van der Waals surface area contributed by atoms with Gasteiger partial charge in [-0.1, -0.05) is 0 Å². The summed E-state index contributed by atoms with van der Waals surface area (Å²) in [6.45, 7) is 1.48. The number of amides is 2. The van der Waals surface area contributed by atoms with Gasteiger partial charge in [0.05, 0.1) is 6.33 Å². The molecular weight excluding hydrogens is 386 g/mol. The number of aryl methyl sites for hydroxylation is 1. The standard InChI is InChI=1S/C17H21N5O5S/c1-20-10-16(18-11-20)28(24,25)22-6-2-5-21(7-8-22)17(23)19-13-3-4-14-15(9-13)27-12-26-14/h3-4,9-11H,2,5-8,12H2,1H3,(H,19,23). The molecule has 1 aromatic heterocycles. The molecule has 28 heavy (non-hydrogen) atoms. The lowest BCUT2D eigenvalue weighted by molar-refractivity contribution is 0.174. The number of carbonyl (C=O) groups excluding carboxylic acids is 1. The number of imidazole rings is 1. The first-order chi connectivity index (χ1) is 13.4. The maximum atomic E-state index is 12.7. The number of carbonyl (C=O) groups is 1. The van der Waals surface area contributed by atoms with Gasteiger partial charge >= 0.3 is 6.03 Å². The molecule has 0 aliphatic carbocycles. The number of hydrogen-bond acceptors (Lipinski definition) is 6. The van der Waals surface area contributed by atoms with Crippen LogP contribution in [0.5, 0.6) is 11.5 Å². The van der Waals surface area contributed by atoms with Gasteiger partial charge in [-0.25, -0.2) is 18.2 Å². The number of hydrogen-bond donors (Lipinski definition) is 1. The van der Waals surface area contributed by atoms with Gasteiger partial charge in [-0.3, -0.25) is 0 Å². The van der Waals surface area contributed by atoms with Gasteiger partial charge in [0, 0.05) is 51.2 Å². The van der Waals surface area contributed by atoms with Crippen LogP contribution in [0.4, 0.5) is 10.5 Å². The van der Waals surface area contributed by atoms with Gasteiger partial charge in [-0.05, 0) is 18.6 Å². The molecule has 0 bridgehead atoms. The van der Waals surface area contributed by atoms with E-state index >= 15 is 0 Å². The predicted molar refractivity (Wildman–Crippen MR) is 99.7 cm³/mol. The summed E-state index contributed by atoms with van der Waals surface area (Å²) in [7, 11) is -1.95. The maximum Gasteiger partial charge on any atom is 0.321 e. The highest BCUT2D eigenvalue weighted by Crippen LogP contribution is 2.34. The number of sulfonamides is 1. The van der Waals surface area contributed by atoms with Crippen LogP contribution >= 0.6 is 0 Å². The van der Waals surface area contributed by atoms with Crippen LogP contribution in [0, 0.1) is 0 Å². The third-order valence-electron chi connectivity index (χ3n) is 4.65. The molecule has 2 amide bonds. The number of aromatic nitrogens is 2. The summed E-state index contributed by atoms with van der Waals surface area (Å²) in [4.78, 5) is 18.2. The van der Waals surface area contributed by atoms with Gasteiger partial charge in [0.1, 0.15) is 0 Å². The van der Waals surface area contributed by atoms with E-state index in [1.807, 2.05) is 0 Å². The number of ether oxygens (including phenoxy) is 2. The van der Waals surface area contributed by atoms with E-state index < -0.39 is 10.0 Å². The largest absolute Gasteiger partial charge is 0.454 e. The molecule has 2 aromatic rings. The minimum absolute atomic E-state index is 0.0215. The molecule has 0 radical (unpaired) electrons. The summed E-state index contributed by atoms with van der Waals surface area (Å²) in [6, 6.07) is 4.90. The van der Waals surface area contributed by atoms with Gasteiger partial charge in [0.25, 0.3) is 10.0 Å². The second kappa shape index (κ2) is 7.32. The Morgan fingerprint density at radius 3 is 2.75 bits per heavy atom. The fourth-order valence-corrected chi connectivity index (χ4v) is 4.60. The normalized spacial score (nSPS) is 17.4. The van der Waals surface area contributed by atoms with Gasteiger partial charge in [-0.2, -0.15) is 4.31 Å². The molecule has 150 valence electrons. The molecule has 0 spiro atoms. The number of benzene rings is 1. The number of nitrogens with one attached hydrogen (secondary N) is 1. The molecule has 3 heterocycles. The second-order valence-electron chi connectivity index (χ2n) is 6.62. The number of rotatable bonds is 3. The van der Waals surface area contributed by atoms with E-state index in [0.29, 0.717) is 43.2 Å². The van der Waals surface area contributed by atoms with Gasteiger partial charge in [0.2, 0.25) is 6.79 Å². The summed E-state index contributed by atoms with van der Waals surface area (Å²) in [5.41, 5.74) is 0.594. The Kier molecular flexibility index (Phi) is 4.85. The lowest BCUT2D eigenvalue weighted by Crippen LogP contribution is -2.39. The first-order valence-corrected chi connectivity index (χ1v) is 10.3. The average molecular weight is 407 g/mol. The molecule has 0 atom stereocenters. The minimum atomic E-state index is -3.67. The molecule has 1 aromatic carbocycles. The third kappa shape index (κ3) is 3.62. The van der Waals surface area contributed by atoms with Crippen LogP contribution < -0.4 is 14.8 Å². The number of nitrogens with zero attached hydrogens (tertiary/aromatic N) is 4. The van der Waals surface area contributed by atoms with Crippen molar-refractivity contribution in [1.29, 1.82) is 0 Å². The molecule has 10 nitrogen and oxygen atoms in total. The molecule has 1 saturated heterocycles. The predicted octanol–water partition coefficient (Wildman–Crippen LogP) is 1.08. The summed E-state index contributed by atoms with van der Waals surface area (Å²) in [6.07, 6.45) is 3.47. The van der Waals surface area contributed by atoms with Crippen molar-refractivity contribution < 1.29 is 22.7 Å². The van der Waals surface area contributed by atoms with Crippen molar-refractivity contribution in [2.24, 2.45) is 7.05 Å². The topological polar surface area (TPSA) is 106 Å². The molecule has 0 unspecified atom stereocenters. The quantitative estimate of drug-likeness (QED) is 0.816. The highest BCUT2D eigenvalue weighted by Gasteiger charge is 2.30. The summed E-state index contributed by atoms with van der Waals surface area (Å²) in [5.74, 6) is 1.23. The first kappa shape index (κ1) is 18.6. The molecule has 2 aliphatic heterocycles. The zero-order valence-corrected chi connectivity index (χ0v) is 16.2. The first-order valence-electron chi connectivity index (χ1n) is 8.87. The smallest absolute Gasteiger partial charge is 0.321 e. The summed E-state index contributed by atoms with van der Waals surface area (Å²) >= 11 is 0. The van der Waals surface area contributed by atoms with E-state index in [0.717, 1.165) is 0 Å². The van der Waals surface area contributed by atoms with E-state index in [1.54, 1.807) is 34.7 Å². The summed E-state index contributed by atoms with van der Waals surface area (Å²) < 4.78 is 39.0.